The van der Waals surface area contributed by atoms with Gasteiger partial charge in [0.1, 0.15) is 11.5 Å². The molecule has 1 saturated heterocycles. The van der Waals surface area contributed by atoms with Gasteiger partial charge in [-0.1, -0.05) is 0 Å². The molecule has 0 saturated carbocycles. The number of aromatic hydroxyl groups is 1. The highest BCUT2D eigenvalue weighted by Gasteiger charge is 2.25. The summed E-state index contributed by atoms with van der Waals surface area (Å²) in [5.41, 5.74) is 1.71. The monoisotopic (exact) mass is 456 g/mol. The maximum Gasteiger partial charge on any atom is 0.254 e. The first-order valence-electron chi connectivity index (χ1n) is 11.3. The van der Waals surface area contributed by atoms with E-state index in [0.717, 1.165) is 46.1 Å². The van der Waals surface area contributed by atoms with Crippen LogP contribution >= 0.6 is 0 Å². The molecule has 2 heterocycles. The summed E-state index contributed by atoms with van der Waals surface area (Å²) in [5.74, 6) is 2.40. The summed E-state index contributed by atoms with van der Waals surface area (Å²) in [6.45, 7) is 2.90. The zero-order valence-corrected chi connectivity index (χ0v) is 18.8. The van der Waals surface area contributed by atoms with Crippen LogP contribution in [0.25, 0.3) is 21.5 Å². The van der Waals surface area contributed by atoms with Gasteiger partial charge in [-0.25, -0.2) is 0 Å². The summed E-state index contributed by atoms with van der Waals surface area (Å²) in [5, 5.41) is 13.3. The Balaban J connectivity index is 1.36. The number of rotatable bonds is 3. The fourth-order valence-corrected chi connectivity index (χ4v) is 4.83. The van der Waals surface area contributed by atoms with Crippen LogP contribution in [0.3, 0.4) is 0 Å². The molecule has 7 heteroatoms. The highest BCUT2D eigenvalue weighted by molar-refractivity contribution is 6.18. The Morgan fingerprint density at radius 2 is 1.59 bits per heavy atom. The van der Waals surface area contributed by atoms with Crippen molar-refractivity contribution in [2.45, 2.75) is 0 Å². The normalized spacial score (nSPS) is 15.2. The molecular formula is C27H24N2O5. The van der Waals surface area contributed by atoms with Gasteiger partial charge >= 0.3 is 0 Å². The van der Waals surface area contributed by atoms with Gasteiger partial charge in [0.25, 0.3) is 5.91 Å². The lowest BCUT2D eigenvalue weighted by molar-refractivity contribution is 0.0749. The van der Waals surface area contributed by atoms with Crippen LogP contribution in [0.1, 0.15) is 10.4 Å². The molecule has 0 radical (unpaired) electrons. The maximum absolute atomic E-state index is 13.7. The van der Waals surface area contributed by atoms with Crippen LogP contribution in [0.2, 0.25) is 0 Å². The molecule has 0 unspecified atom stereocenters. The van der Waals surface area contributed by atoms with Crippen molar-refractivity contribution >= 4 is 33.1 Å². The van der Waals surface area contributed by atoms with Gasteiger partial charge < -0.3 is 29.1 Å². The van der Waals surface area contributed by atoms with Crippen LogP contribution in [0, 0.1) is 0 Å². The zero-order valence-electron chi connectivity index (χ0n) is 18.8. The Morgan fingerprint density at radius 1 is 0.853 bits per heavy atom. The molecule has 6 rings (SSSR count). The third kappa shape index (κ3) is 3.41. The fourth-order valence-electron chi connectivity index (χ4n) is 4.83. The average molecular weight is 456 g/mol. The van der Waals surface area contributed by atoms with Gasteiger partial charge in [0, 0.05) is 37.4 Å². The topological polar surface area (TPSA) is 71.5 Å². The molecule has 0 bridgehead atoms. The van der Waals surface area contributed by atoms with E-state index in [1.165, 1.54) is 0 Å². The number of phenols is 1. The molecule has 2 aliphatic rings. The number of ether oxygens (including phenoxy) is 3. The number of anilines is 1. The molecule has 1 amide bonds. The molecule has 0 atom stereocenters. The van der Waals surface area contributed by atoms with E-state index < -0.39 is 0 Å². The maximum atomic E-state index is 13.7. The summed E-state index contributed by atoms with van der Waals surface area (Å²) in [6, 6.07) is 18.9. The lowest BCUT2D eigenvalue weighted by Crippen LogP contribution is -2.48. The number of fused-ring (bicyclic) bond motifs is 4. The largest absolute Gasteiger partial charge is 0.508 e. The van der Waals surface area contributed by atoms with E-state index in [2.05, 4.69) is 4.90 Å². The Bertz CT molecular complexity index is 1410. The molecule has 0 spiro atoms. The molecule has 0 aromatic heterocycles. The molecule has 0 aliphatic carbocycles. The summed E-state index contributed by atoms with van der Waals surface area (Å²) >= 11 is 0. The lowest BCUT2D eigenvalue weighted by atomic mass is 9.95. The first kappa shape index (κ1) is 20.5. The minimum absolute atomic E-state index is 0.0140. The van der Waals surface area contributed by atoms with Gasteiger partial charge in [-0.2, -0.15) is 0 Å². The van der Waals surface area contributed by atoms with E-state index in [0.29, 0.717) is 30.2 Å². The van der Waals surface area contributed by atoms with Gasteiger partial charge in [-0.3, -0.25) is 4.79 Å². The van der Waals surface area contributed by atoms with E-state index in [9.17, 15) is 9.90 Å². The van der Waals surface area contributed by atoms with Crippen molar-refractivity contribution in [1.29, 1.82) is 0 Å². The second-order valence-corrected chi connectivity index (χ2v) is 8.56. The summed E-state index contributed by atoms with van der Waals surface area (Å²) in [7, 11) is 1.64. The summed E-state index contributed by atoms with van der Waals surface area (Å²) in [4.78, 5) is 17.9. The van der Waals surface area contributed by atoms with Crippen LogP contribution in [0.4, 0.5) is 5.69 Å². The third-order valence-corrected chi connectivity index (χ3v) is 6.66. The van der Waals surface area contributed by atoms with Crippen LogP contribution in [0.15, 0.2) is 60.7 Å². The first-order chi connectivity index (χ1) is 16.6. The van der Waals surface area contributed by atoms with E-state index in [1.807, 2.05) is 53.4 Å². The lowest BCUT2D eigenvalue weighted by Gasteiger charge is -2.36. The van der Waals surface area contributed by atoms with Gasteiger partial charge in [0.15, 0.2) is 11.5 Å². The van der Waals surface area contributed by atoms with E-state index in [1.54, 1.807) is 19.2 Å². The molecule has 4 aromatic carbocycles. The minimum atomic E-state index is 0.0140. The predicted molar refractivity (Wildman–Crippen MR) is 130 cm³/mol. The number of nitrogens with zero attached hydrogens (tertiary/aromatic N) is 2. The number of phenolic OH excluding ortho intramolecular Hbond substituents is 1. The predicted octanol–water partition coefficient (Wildman–Crippen LogP) is 4.40. The second-order valence-electron chi connectivity index (χ2n) is 8.56. The van der Waals surface area contributed by atoms with Crippen molar-refractivity contribution in [1.82, 2.24) is 4.90 Å². The Hall–Kier alpha value is -4.13. The standard InChI is InChI=1S/C27H24N2O5/c1-32-20-6-7-21-23(14-20)22-15-26-25(33-16-34-26)13-17(22)12-24(21)27(31)29-10-8-28(9-11-29)18-2-4-19(30)5-3-18/h2-7,12-15,30H,8-11,16H2,1H3. The number of carbonyl (C=O) groups is 1. The Morgan fingerprint density at radius 3 is 2.32 bits per heavy atom. The number of hydrogen-bond donors (Lipinski definition) is 1. The number of methoxy groups -OCH3 is 1. The first-order valence-corrected chi connectivity index (χ1v) is 11.3. The third-order valence-electron chi connectivity index (χ3n) is 6.66. The average Bonchev–Trinajstić information content (AvgIpc) is 3.34. The van der Waals surface area contributed by atoms with Crippen molar-refractivity contribution in [3.05, 3.63) is 66.2 Å². The number of hydrogen-bond acceptors (Lipinski definition) is 6. The zero-order chi connectivity index (χ0) is 23.2. The van der Waals surface area contributed by atoms with E-state index in [4.69, 9.17) is 14.2 Å². The quantitative estimate of drug-likeness (QED) is 0.461. The van der Waals surface area contributed by atoms with Crippen LogP contribution < -0.4 is 19.1 Å². The number of piperazine rings is 1. The van der Waals surface area contributed by atoms with E-state index >= 15 is 0 Å². The summed E-state index contributed by atoms with van der Waals surface area (Å²) in [6.07, 6.45) is 0. The molecular weight excluding hydrogens is 432 g/mol. The molecule has 7 nitrogen and oxygen atoms in total. The van der Waals surface area contributed by atoms with Crippen LogP contribution in [-0.4, -0.2) is 56.0 Å². The molecule has 34 heavy (non-hydrogen) atoms. The SMILES string of the molecule is COc1ccc2c(C(=O)N3CCN(c4ccc(O)cc4)CC3)cc3cc4c(cc3c2c1)OCO4. The molecule has 4 aromatic rings. The smallest absolute Gasteiger partial charge is 0.254 e. The van der Waals surface area contributed by atoms with E-state index in [-0.39, 0.29) is 18.4 Å². The minimum Gasteiger partial charge on any atom is -0.508 e. The number of carbonyl (C=O) groups excluding carboxylic acids is 1. The number of amides is 1. The van der Waals surface area contributed by atoms with Crippen LogP contribution in [0.5, 0.6) is 23.0 Å². The number of benzene rings is 4. The van der Waals surface area contributed by atoms with Gasteiger partial charge in [-0.15, -0.1) is 0 Å². The molecule has 172 valence electrons. The van der Waals surface area contributed by atoms with Crippen molar-refractivity contribution in [3.8, 4) is 23.0 Å². The van der Waals surface area contributed by atoms with Gasteiger partial charge in [0.05, 0.1) is 7.11 Å². The molecule has 1 fully saturated rings. The van der Waals surface area contributed by atoms with Crippen molar-refractivity contribution in [2.24, 2.45) is 0 Å². The highest BCUT2D eigenvalue weighted by Crippen LogP contribution is 2.40. The Kier molecular flexibility index (Phi) is 4.83. The molecule has 1 N–H and O–H groups in total. The highest BCUT2D eigenvalue weighted by atomic mass is 16.7. The van der Waals surface area contributed by atoms with Crippen molar-refractivity contribution in [2.75, 3.05) is 45.0 Å². The summed E-state index contributed by atoms with van der Waals surface area (Å²) < 4.78 is 16.6. The van der Waals surface area contributed by atoms with Crippen LogP contribution in [-0.2, 0) is 0 Å². The second kappa shape index (κ2) is 8.02. The van der Waals surface area contributed by atoms with Gasteiger partial charge in [0.2, 0.25) is 6.79 Å². The van der Waals surface area contributed by atoms with Gasteiger partial charge in [-0.05, 0) is 82.2 Å². The molecule has 2 aliphatic heterocycles. The fraction of sp³-hybridized carbons (Fsp3) is 0.222. The Labute approximate surface area is 196 Å². The van der Waals surface area contributed by atoms with Crippen molar-refractivity contribution < 1.29 is 24.1 Å². The van der Waals surface area contributed by atoms with Crippen molar-refractivity contribution in [3.63, 3.8) is 0 Å².